The van der Waals surface area contributed by atoms with E-state index in [1.807, 2.05) is 26.0 Å². The van der Waals surface area contributed by atoms with Crippen molar-refractivity contribution in [2.24, 2.45) is 0 Å². The van der Waals surface area contributed by atoms with Crippen molar-refractivity contribution in [2.75, 3.05) is 11.9 Å². The Hall–Kier alpha value is -3.22. The van der Waals surface area contributed by atoms with Crippen LogP contribution < -0.4 is 16.6 Å². The van der Waals surface area contributed by atoms with E-state index in [4.69, 9.17) is 0 Å². The largest absolute Gasteiger partial charge is 0.351 e. The monoisotopic (exact) mass is 323 g/mol. The van der Waals surface area contributed by atoms with E-state index in [0.29, 0.717) is 18.2 Å². The second-order valence-corrected chi connectivity index (χ2v) is 5.42. The number of hydrogen-bond acceptors (Lipinski definition) is 5. The van der Waals surface area contributed by atoms with Gasteiger partial charge in [-0.25, -0.2) is 14.3 Å². The lowest BCUT2D eigenvalue weighted by atomic mass is 10.1. The molecular weight excluding hydrogens is 306 g/mol. The van der Waals surface area contributed by atoms with Crippen LogP contribution in [0.2, 0.25) is 0 Å². The van der Waals surface area contributed by atoms with Crippen molar-refractivity contribution in [1.82, 2.24) is 19.5 Å². The van der Waals surface area contributed by atoms with Crippen molar-refractivity contribution in [1.29, 1.82) is 0 Å². The summed E-state index contributed by atoms with van der Waals surface area (Å²) in [7, 11) is 0. The fourth-order valence-electron chi connectivity index (χ4n) is 2.45. The second-order valence-electron chi connectivity index (χ2n) is 5.42. The number of fused-ring (bicyclic) bond motifs is 1. The van der Waals surface area contributed by atoms with E-state index in [1.54, 1.807) is 12.1 Å². The number of anilines is 1. The van der Waals surface area contributed by atoms with Gasteiger partial charge in [-0.05, 0) is 31.0 Å². The van der Waals surface area contributed by atoms with Gasteiger partial charge in [0.15, 0.2) is 5.65 Å². The zero-order chi connectivity index (χ0) is 17.3. The predicted octanol–water partition coefficient (Wildman–Crippen LogP) is 1.68. The number of hydrogen-bond donors (Lipinski definition) is 2. The lowest BCUT2D eigenvalue weighted by Gasteiger charge is -2.11. The Morgan fingerprint density at radius 2 is 2.12 bits per heavy atom. The fraction of sp³-hybridized carbons (Fsp3) is 0.176. The maximum absolute atomic E-state index is 12.8. The standard InChI is InChI=1S/C17H17N5O2/c1-4-8-18-16-19-9-12-14(20-16)21-17(24)22(15(12)23)13-7-5-6-10(2)11(13)3/h4-7,9H,1,8H2,2-3H3,(H2,18,19,20,21,24). The number of aromatic amines is 1. The van der Waals surface area contributed by atoms with E-state index >= 15 is 0 Å². The highest BCUT2D eigenvalue weighted by atomic mass is 16.2. The van der Waals surface area contributed by atoms with Gasteiger partial charge in [-0.1, -0.05) is 18.2 Å². The summed E-state index contributed by atoms with van der Waals surface area (Å²) in [5, 5.41) is 3.17. The molecule has 0 amide bonds. The number of H-pyrrole nitrogens is 1. The molecule has 0 radical (unpaired) electrons. The summed E-state index contributed by atoms with van der Waals surface area (Å²) in [6.07, 6.45) is 3.07. The van der Waals surface area contributed by atoms with Crippen LogP contribution in [0.5, 0.6) is 0 Å². The molecule has 0 bridgehead atoms. The minimum atomic E-state index is -0.533. The molecule has 0 atom stereocenters. The Morgan fingerprint density at radius 1 is 1.33 bits per heavy atom. The number of nitrogens with zero attached hydrogens (tertiary/aromatic N) is 3. The average molecular weight is 323 g/mol. The molecule has 0 saturated carbocycles. The number of aromatic nitrogens is 4. The third-order valence-electron chi connectivity index (χ3n) is 3.87. The number of aryl methyl sites for hydroxylation is 1. The molecule has 3 rings (SSSR count). The summed E-state index contributed by atoms with van der Waals surface area (Å²) in [5.74, 6) is 0.321. The van der Waals surface area contributed by atoms with Gasteiger partial charge in [0.1, 0.15) is 5.39 Å². The van der Waals surface area contributed by atoms with Crippen molar-refractivity contribution in [3.05, 3.63) is 69.0 Å². The third-order valence-corrected chi connectivity index (χ3v) is 3.87. The molecule has 7 heteroatoms. The quantitative estimate of drug-likeness (QED) is 0.713. The molecule has 2 aromatic heterocycles. The summed E-state index contributed by atoms with van der Waals surface area (Å²) >= 11 is 0. The molecule has 0 spiro atoms. The minimum absolute atomic E-state index is 0.202. The summed E-state index contributed by atoms with van der Waals surface area (Å²) in [6, 6.07) is 5.48. The molecule has 0 aliphatic rings. The van der Waals surface area contributed by atoms with Gasteiger partial charge >= 0.3 is 5.69 Å². The first-order chi connectivity index (χ1) is 11.5. The molecule has 24 heavy (non-hydrogen) atoms. The molecule has 3 aromatic rings. The van der Waals surface area contributed by atoms with E-state index in [-0.39, 0.29) is 11.0 Å². The Kier molecular flexibility index (Phi) is 3.99. The van der Waals surface area contributed by atoms with Crippen LogP contribution in [0.4, 0.5) is 5.95 Å². The van der Waals surface area contributed by atoms with Gasteiger partial charge in [-0.2, -0.15) is 4.98 Å². The second kappa shape index (κ2) is 6.11. The highest BCUT2D eigenvalue weighted by Crippen LogP contribution is 2.15. The lowest BCUT2D eigenvalue weighted by Crippen LogP contribution is -2.34. The van der Waals surface area contributed by atoms with Crippen LogP contribution in [0.15, 0.2) is 46.6 Å². The van der Waals surface area contributed by atoms with Crippen molar-refractivity contribution >= 4 is 17.0 Å². The van der Waals surface area contributed by atoms with Gasteiger partial charge in [0.05, 0.1) is 5.69 Å². The van der Waals surface area contributed by atoms with E-state index in [1.165, 1.54) is 6.20 Å². The van der Waals surface area contributed by atoms with Gasteiger partial charge in [-0.15, -0.1) is 6.58 Å². The first-order valence-corrected chi connectivity index (χ1v) is 7.46. The number of nitrogens with one attached hydrogen (secondary N) is 2. The molecule has 7 nitrogen and oxygen atoms in total. The van der Waals surface area contributed by atoms with Crippen LogP contribution in [0.3, 0.4) is 0 Å². The molecule has 0 fully saturated rings. The van der Waals surface area contributed by atoms with Crippen LogP contribution >= 0.6 is 0 Å². The van der Waals surface area contributed by atoms with E-state index in [9.17, 15) is 9.59 Å². The van der Waals surface area contributed by atoms with Crippen LogP contribution in [-0.2, 0) is 0 Å². The lowest BCUT2D eigenvalue weighted by molar-refractivity contribution is 0.883. The van der Waals surface area contributed by atoms with Gasteiger partial charge < -0.3 is 5.32 Å². The molecule has 2 N–H and O–H groups in total. The smallest absolute Gasteiger partial charge is 0.334 e. The summed E-state index contributed by atoms with van der Waals surface area (Å²) in [5.41, 5.74) is 1.64. The maximum Gasteiger partial charge on any atom is 0.334 e. The Labute approximate surface area is 137 Å². The summed E-state index contributed by atoms with van der Waals surface area (Å²) < 4.78 is 1.12. The molecule has 0 saturated heterocycles. The maximum atomic E-state index is 12.8. The number of benzene rings is 1. The minimum Gasteiger partial charge on any atom is -0.351 e. The van der Waals surface area contributed by atoms with Crippen molar-refractivity contribution in [3.8, 4) is 5.69 Å². The molecular formula is C17H17N5O2. The average Bonchev–Trinajstić information content (AvgIpc) is 2.56. The molecule has 0 unspecified atom stereocenters. The first-order valence-electron chi connectivity index (χ1n) is 7.46. The zero-order valence-corrected chi connectivity index (χ0v) is 13.5. The highest BCUT2D eigenvalue weighted by molar-refractivity contribution is 5.73. The van der Waals surface area contributed by atoms with Gasteiger partial charge in [0.2, 0.25) is 5.95 Å². The third kappa shape index (κ3) is 2.60. The van der Waals surface area contributed by atoms with Gasteiger partial charge in [0, 0.05) is 12.7 Å². The van der Waals surface area contributed by atoms with E-state index in [0.717, 1.165) is 15.7 Å². The number of rotatable bonds is 4. The fourth-order valence-corrected chi connectivity index (χ4v) is 2.45. The van der Waals surface area contributed by atoms with Crippen molar-refractivity contribution in [2.45, 2.75) is 13.8 Å². The highest BCUT2D eigenvalue weighted by Gasteiger charge is 2.13. The first kappa shape index (κ1) is 15.7. The molecule has 0 aliphatic carbocycles. The molecule has 122 valence electrons. The Morgan fingerprint density at radius 3 is 2.88 bits per heavy atom. The van der Waals surface area contributed by atoms with Gasteiger partial charge in [-0.3, -0.25) is 9.78 Å². The van der Waals surface area contributed by atoms with Crippen LogP contribution in [0.1, 0.15) is 11.1 Å². The SMILES string of the molecule is C=CCNc1ncc2c(=O)n(-c3cccc(C)c3C)c(=O)[nH]c2n1. The molecule has 0 aliphatic heterocycles. The Balaban J connectivity index is 2.25. The van der Waals surface area contributed by atoms with Crippen LogP contribution in [0, 0.1) is 13.8 Å². The van der Waals surface area contributed by atoms with Gasteiger partial charge in [0.25, 0.3) is 5.56 Å². The Bertz CT molecular complexity index is 1050. The zero-order valence-electron chi connectivity index (χ0n) is 13.5. The van der Waals surface area contributed by atoms with E-state index in [2.05, 4.69) is 26.8 Å². The molecule has 1 aromatic carbocycles. The van der Waals surface area contributed by atoms with Crippen molar-refractivity contribution in [3.63, 3.8) is 0 Å². The topological polar surface area (TPSA) is 92.7 Å². The normalized spacial score (nSPS) is 10.8. The van der Waals surface area contributed by atoms with E-state index < -0.39 is 11.2 Å². The summed E-state index contributed by atoms with van der Waals surface area (Å²) in [6.45, 7) is 7.88. The van der Waals surface area contributed by atoms with Crippen molar-refractivity contribution < 1.29 is 0 Å². The molecule has 2 heterocycles. The predicted molar refractivity (Wildman–Crippen MR) is 93.9 cm³/mol. The van der Waals surface area contributed by atoms with Crippen LogP contribution in [0.25, 0.3) is 16.7 Å². The summed E-state index contributed by atoms with van der Waals surface area (Å²) in [4.78, 5) is 36.1. The van der Waals surface area contributed by atoms with Crippen LogP contribution in [-0.4, -0.2) is 26.1 Å².